The van der Waals surface area contributed by atoms with Crippen LogP contribution in [0.4, 0.5) is 0 Å². The highest BCUT2D eigenvalue weighted by molar-refractivity contribution is 5.73. The molecule has 2 aliphatic rings. The summed E-state index contributed by atoms with van der Waals surface area (Å²) in [5.41, 5.74) is 1.24. The van der Waals surface area contributed by atoms with Crippen molar-refractivity contribution in [3.63, 3.8) is 0 Å². The first-order chi connectivity index (χ1) is 10.7. The zero-order valence-electron chi connectivity index (χ0n) is 13.3. The van der Waals surface area contributed by atoms with Gasteiger partial charge in [0.25, 0.3) is 0 Å². The molecule has 0 aliphatic carbocycles. The summed E-state index contributed by atoms with van der Waals surface area (Å²) >= 11 is 0. The van der Waals surface area contributed by atoms with Crippen molar-refractivity contribution >= 4 is 5.91 Å². The van der Waals surface area contributed by atoms with E-state index >= 15 is 0 Å². The van der Waals surface area contributed by atoms with Crippen molar-refractivity contribution in [2.75, 3.05) is 33.4 Å². The molecule has 0 N–H and O–H groups in total. The fraction of sp³-hybridized carbons (Fsp3) is 0.588. The molecule has 2 aliphatic heterocycles. The highest BCUT2D eigenvalue weighted by Gasteiger charge is 2.38. The second kappa shape index (κ2) is 6.67. The molecule has 0 spiro atoms. The number of morpholine rings is 1. The summed E-state index contributed by atoms with van der Waals surface area (Å²) in [6.45, 7) is 5.79. The molecule has 3 rings (SSSR count). The van der Waals surface area contributed by atoms with Gasteiger partial charge in [-0.2, -0.15) is 0 Å². The number of amides is 1. The lowest BCUT2D eigenvalue weighted by Crippen LogP contribution is -2.60. The van der Waals surface area contributed by atoms with Crippen LogP contribution in [0.3, 0.4) is 0 Å². The Labute approximate surface area is 131 Å². The van der Waals surface area contributed by atoms with Crippen LogP contribution in [0.25, 0.3) is 0 Å². The molecule has 5 heteroatoms. The average Bonchev–Trinajstić information content (AvgIpc) is 2.54. The van der Waals surface area contributed by atoms with Crippen molar-refractivity contribution in [3.05, 3.63) is 29.8 Å². The van der Waals surface area contributed by atoms with Gasteiger partial charge in [-0.3, -0.25) is 9.69 Å². The summed E-state index contributed by atoms with van der Waals surface area (Å²) < 4.78 is 11.1. The summed E-state index contributed by atoms with van der Waals surface area (Å²) in [6.07, 6.45) is 1.18. The van der Waals surface area contributed by atoms with Gasteiger partial charge < -0.3 is 14.4 Å². The number of carbonyl (C=O) groups is 1. The molecule has 2 saturated heterocycles. The topological polar surface area (TPSA) is 42.0 Å². The van der Waals surface area contributed by atoms with Crippen molar-refractivity contribution < 1.29 is 14.3 Å². The van der Waals surface area contributed by atoms with Crippen LogP contribution in [0.1, 0.15) is 18.9 Å². The number of carbonyl (C=O) groups excluding carboxylic acids is 1. The Hall–Kier alpha value is -1.59. The van der Waals surface area contributed by atoms with E-state index in [4.69, 9.17) is 9.47 Å². The average molecular weight is 304 g/mol. The fourth-order valence-corrected chi connectivity index (χ4v) is 3.50. The van der Waals surface area contributed by atoms with Gasteiger partial charge >= 0.3 is 0 Å². The number of fused-ring (bicyclic) bond motifs is 1. The zero-order chi connectivity index (χ0) is 15.5. The van der Waals surface area contributed by atoms with Crippen LogP contribution in [0, 0.1) is 0 Å². The van der Waals surface area contributed by atoms with Gasteiger partial charge in [-0.1, -0.05) is 12.1 Å². The van der Waals surface area contributed by atoms with Crippen LogP contribution in [-0.4, -0.2) is 61.2 Å². The van der Waals surface area contributed by atoms with Crippen LogP contribution in [0.2, 0.25) is 0 Å². The first-order valence-corrected chi connectivity index (χ1v) is 7.91. The second-order valence-corrected chi connectivity index (χ2v) is 6.06. The van der Waals surface area contributed by atoms with E-state index in [9.17, 15) is 4.79 Å². The van der Waals surface area contributed by atoms with Crippen LogP contribution in [-0.2, 0) is 16.1 Å². The molecule has 1 aromatic carbocycles. The van der Waals surface area contributed by atoms with Gasteiger partial charge in [0.05, 0.1) is 25.9 Å². The van der Waals surface area contributed by atoms with E-state index in [0.29, 0.717) is 13.2 Å². The van der Waals surface area contributed by atoms with Gasteiger partial charge in [-0.15, -0.1) is 0 Å². The van der Waals surface area contributed by atoms with Gasteiger partial charge in [0.2, 0.25) is 5.91 Å². The zero-order valence-corrected chi connectivity index (χ0v) is 13.3. The van der Waals surface area contributed by atoms with Crippen LogP contribution < -0.4 is 4.74 Å². The van der Waals surface area contributed by atoms with Crippen molar-refractivity contribution in [2.24, 2.45) is 0 Å². The Kier molecular flexibility index (Phi) is 4.64. The summed E-state index contributed by atoms with van der Waals surface area (Å²) in [4.78, 5) is 16.2. The largest absolute Gasteiger partial charge is 0.497 e. The Morgan fingerprint density at radius 2 is 2.27 bits per heavy atom. The Morgan fingerprint density at radius 3 is 3.05 bits per heavy atom. The maximum Gasteiger partial charge on any atom is 0.219 e. The SMILES string of the molecule is COc1cccc(CN2CC[C@@H]3OCCN(C(C)=O)[C@H]3C2)c1. The number of likely N-dealkylation sites (tertiary alicyclic amines) is 1. The molecule has 2 fully saturated rings. The standard InChI is InChI=1S/C17H24N2O3/c1-13(20)19-8-9-22-17-6-7-18(12-16(17)19)11-14-4-3-5-15(10-14)21-2/h3-5,10,16-17H,6-9,11-12H2,1-2H3/t16-,17-/m0/s1. The first-order valence-electron chi connectivity index (χ1n) is 7.91. The first kappa shape index (κ1) is 15.3. The Bertz CT molecular complexity index is 534. The normalized spacial score (nSPS) is 25.6. The van der Waals surface area contributed by atoms with Crippen LogP contribution in [0.15, 0.2) is 24.3 Å². The molecule has 2 atom stereocenters. The highest BCUT2D eigenvalue weighted by Crippen LogP contribution is 2.25. The van der Waals surface area contributed by atoms with Crippen molar-refractivity contribution in [2.45, 2.75) is 32.0 Å². The predicted octanol–water partition coefficient (Wildman–Crippen LogP) is 1.52. The lowest BCUT2D eigenvalue weighted by molar-refractivity contribution is -0.150. The number of benzene rings is 1. The number of piperidine rings is 1. The quantitative estimate of drug-likeness (QED) is 0.849. The lowest BCUT2D eigenvalue weighted by Gasteiger charge is -2.46. The Balaban J connectivity index is 1.67. The number of ether oxygens (including phenoxy) is 2. The van der Waals surface area contributed by atoms with E-state index < -0.39 is 0 Å². The molecule has 5 nitrogen and oxygen atoms in total. The van der Waals surface area contributed by atoms with E-state index in [1.165, 1.54) is 5.56 Å². The highest BCUT2D eigenvalue weighted by atomic mass is 16.5. The van der Waals surface area contributed by atoms with E-state index in [1.54, 1.807) is 14.0 Å². The molecule has 0 aromatic heterocycles. The summed E-state index contributed by atoms with van der Waals surface area (Å²) in [5, 5.41) is 0. The van der Waals surface area contributed by atoms with E-state index in [0.717, 1.165) is 31.8 Å². The number of methoxy groups -OCH3 is 1. The van der Waals surface area contributed by atoms with Gasteiger partial charge in [0.15, 0.2) is 0 Å². The second-order valence-electron chi connectivity index (χ2n) is 6.06. The third-order valence-electron chi connectivity index (χ3n) is 4.61. The molecular weight excluding hydrogens is 280 g/mol. The minimum absolute atomic E-state index is 0.154. The van der Waals surface area contributed by atoms with E-state index in [1.807, 2.05) is 17.0 Å². The molecular formula is C17H24N2O3. The van der Waals surface area contributed by atoms with Crippen LogP contribution in [0.5, 0.6) is 5.75 Å². The molecule has 22 heavy (non-hydrogen) atoms. The molecule has 0 bridgehead atoms. The summed E-state index contributed by atoms with van der Waals surface area (Å²) in [7, 11) is 1.69. The minimum Gasteiger partial charge on any atom is -0.497 e. The van der Waals surface area contributed by atoms with Crippen molar-refractivity contribution in [1.29, 1.82) is 0 Å². The fourth-order valence-electron chi connectivity index (χ4n) is 3.50. The van der Waals surface area contributed by atoms with E-state index in [-0.39, 0.29) is 18.1 Å². The van der Waals surface area contributed by atoms with Crippen molar-refractivity contribution in [1.82, 2.24) is 9.80 Å². The molecule has 0 saturated carbocycles. The Morgan fingerprint density at radius 1 is 1.41 bits per heavy atom. The van der Waals surface area contributed by atoms with E-state index in [2.05, 4.69) is 17.0 Å². The maximum absolute atomic E-state index is 11.8. The van der Waals surface area contributed by atoms with Gasteiger partial charge in [-0.25, -0.2) is 0 Å². The third kappa shape index (κ3) is 3.25. The molecule has 120 valence electrons. The number of rotatable bonds is 3. The lowest BCUT2D eigenvalue weighted by atomic mass is 9.98. The molecule has 0 radical (unpaired) electrons. The van der Waals surface area contributed by atoms with Crippen LogP contribution >= 0.6 is 0 Å². The minimum atomic E-state index is 0.154. The third-order valence-corrected chi connectivity index (χ3v) is 4.61. The number of nitrogens with zero attached hydrogens (tertiary/aromatic N) is 2. The predicted molar refractivity (Wildman–Crippen MR) is 83.8 cm³/mol. The van der Waals surface area contributed by atoms with Crippen molar-refractivity contribution in [3.8, 4) is 5.75 Å². The van der Waals surface area contributed by atoms with Gasteiger partial charge in [0, 0.05) is 33.1 Å². The maximum atomic E-state index is 11.8. The molecule has 1 aromatic rings. The molecule has 2 heterocycles. The monoisotopic (exact) mass is 304 g/mol. The number of hydrogen-bond donors (Lipinski definition) is 0. The summed E-state index contributed by atoms with van der Waals surface area (Å²) in [5.74, 6) is 1.04. The summed E-state index contributed by atoms with van der Waals surface area (Å²) in [6, 6.07) is 8.36. The molecule has 1 amide bonds. The van der Waals surface area contributed by atoms with Gasteiger partial charge in [-0.05, 0) is 24.1 Å². The van der Waals surface area contributed by atoms with Gasteiger partial charge in [0.1, 0.15) is 5.75 Å². The smallest absolute Gasteiger partial charge is 0.219 e. The number of hydrogen-bond acceptors (Lipinski definition) is 4. The molecule has 0 unspecified atom stereocenters.